The third kappa shape index (κ3) is 3.12. The van der Waals surface area contributed by atoms with Crippen LogP contribution in [0.1, 0.15) is 22.4 Å². The molecule has 2 aromatic carbocycles. The van der Waals surface area contributed by atoms with E-state index in [1.807, 2.05) is 36.4 Å². The molecule has 1 heterocycles. The molecular weight excluding hydrogens is 268 g/mol. The summed E-state index contributed by atoms with van der Waals surface area (Å²) in [5.41, 5.74) is 6.21. The standard InChI is InChI=1S/C20H18N2/c1-15-11-12-16(2)19(14-15)22-20(17-8-4-3-5-9-17)18-10-6-7-13-21-18/h3-14H,1-2H3. The van der Waals surface area contributed by atoms with E-state index in [2.05, 4.69) is 49.2 Å². The van der Waals surface area contributed by atoms with Crippen LogP contribution in [-0.4, -0.2) is 10.7 Å². The van der Waals surface area contributed by atoms with Gasteiger partial charge in [0.25, 0.3) is 0 Å². The molecule has 22 heavy (non-hydrogen) atoms. The van der Waals surface area contributed by atoms with Crippen LogP contribution in [0.4, 0.5) is 5.69 Å². The van der Waals surface area contributed by atoms with E-state index in [0.717, 1.165) is 28.2 Å². The molecule has 2 heteroatoms. The molecule has 3 rings (SSSR count). The van der Waals surface area contributed by atoms with Crippen molar-refractivity contribution >= 4 is 11.4 Å². The third-order valence-electron chi connectivity index (χ3n) is 3.55. The maximum atomic E-state index is 4.91. The fourth-order valence-corrected chi connectivity index (χ4v) is 2.33. The van der Waals surface area contributed by atoms with Gasteiger partial charge in [-0.2, -0.15) is 0 Å². The van der Waals surface area contributed by atoms with Crippen LogP contribution in [0.3, 0.4) is 0 Å². The molecule has 108 valence electrons. The maximum absolute atomic E-state index is 4.91. The number of aromatic nitrogens is 1. The second kappa shape index (κ2) is 6.35. The lowest BCUT2D eigenvalue weighted by molar-refractivity contribution is 1.27. The van der Waals surface area contributed by atoms with Gasteiger partial charge in [0.2, 0.25) is 0 Å². The van der Waals surface area contributed by atoms with Crippen molar-refractivity contribution in [2.24, 2.45) is 4.99 Å². The topological polar surface area (TPSA) is 25.2 Å². The number of hydrogen-bond acceptors (Lipinski definition) is 2. The first-order chi connectivity index (χ1) is 10.7. The molecule has 0 unspecified atom stereocenters. The molecule has 0 saturated carbocycles. The molecule has 2 nitrogen and oxygen atoms in total. The van der Waals surface area contributed by atoms with E-state index >= 15 is 0 Å². The minimum atomic E-state index is 0.884. The fourth-order valence-electron chi connectivity index (χ4n) is 2.33. The molecule has 1 aromatic heterocycles. The Kier molecular flexibility index (Phi) is 4.10. The third-order valence-corrected chi connectivity index (χ3v) is 3.55. The largest absolute Gasteiger partial charge is 0.255 e. The predicted molar refractivity (Wildman–Crippen MR) is 91.9 cm³/mol. The van der Waals surface area contributed by atoms with Gasteiger partial charge in [0.15, 0.2) is 0 Å². The Hall–Kier alpha value is -2.74. The zero-order valence-corrected chi connectivity index (χ0v) is 12.8. The van der Waals surface area contributed by atoms with Gasteiger partial charge in [-0.1, -0.05) is 48.5 Å². The van der Waals surface area contributed by atoms with Crippen LogP contribution >= 0.6 is 0 Å². The van der Waals surface area contributed by atoms with Gasteiger partial charge in [0.05, 0.1) is 17.1 Å². The Balaban J connectivity index is 2.18. The molecule has 0 N–H and O–H groups in total. The Morgan fingerprint density at radius 2 is 1.64 bits per heavy atom. The summed E-state index contributed by atoms with van der Waals surface area (Å²) in [7, 11) is 0. The monoisotopic (exact) mass is 286 g/mol. The molecule has 3 aromatic rings. The van der Waals surface area contributed by atoms with E-state index in [9.17, 15) is 0 Å². The Bertz CT molecular complexity index is 749. The van der Waals surface area contributed by atoms with E-state index in [1.165, 1.54) is 5.56 Å². The molecule has 0 atom stereocenters. The molecule has 0 bridgehead atoms. The summed E-state index contributed by atoms with van der Waals surface area (Å²) in [6, 6.07) is 22.4. The summed E-state index contributed by atoms with van der Waals surface area (Å²) in [6.07, 6.45) is 1.80. The van der Waals surface area contributed by atoms with E-state index in [4.69, 9.17) is 4.99 Å². The van der Waals surface area contributed by atoms with E-state index < -0.39 is 0 Å². The van der Waals surface area contributed by atoms with E-state index in [1.54, 1.807) is 6.20 Å². The number of hydrogen-bond donors (Lipinski definition) is 0. The van der Waals surface area contributed by atoms with Crippen LogP contribution in [0.2, 0.25) is 0 Å². The normalized spacial score (nSPS) is 11.5. The highest BCUT2D eigenvalue weighted by Crippen LogP contribution is 2.22. The molecule has 0 aliphatic carbocycles. The van der Waals surface area contributed by atoms with Crippen LogP contribution in [0.25, 0.3) is 0 Å². The van der Waals surface area contributed by atoms with Crippen molar-refractivity contribution in [3.63, 3.8) is 0 Å². The van der Waals surface area contributed by atoms with Gasteiger partial charge in [-0.05, 0) is 43.2 Å². The maximum Gasteiger partial charge on any atom is 0.0965 e. The van der Waals surface area contributed by atoms with Gasteiger partial charge in [-0.15, -0.1) is 0 Å². The molecular formula is C20H18N2. The number of nitrogens with zero attached hydrogens (tertiary/aromatic N) is 2. The second-order valence-electron chi connectivity index (χ2n) is 5.33. The first kappa shape index (κ1) is 14.2. The Morgan fingerprint density at radius 1 is 0.864 bits per heavy atom. The Morgan fingerprint density at radius 3 is 2.36 bits per heavy atom. The van der Waals surface area contributed by atoms with Crippen LogP contribution < -0.4 is 0 Å². The lowest BCUT2D eigenvalue weighted by Crippen LogP contribution is -2.05. The van der Waals surface area contributed by atoms with E-state index in [0.29, 0.717) is 0 Å². The average molecular weight is 286 g/mol. The quantitative estimate of drug-likeness (QED) is 0.631. The summed E-state index contributed by atoms with van der Waals surface area (Å²) in [5, 5.41) is 0. The van der Waals surface area contributed by atoms with Crippen LogP contribution in [0.5, 0.6) is 0 Å². The summed E-state index contributed by atoms with van der Waals surface area (Å²) in [6.45, 7) is 4.17. The van der Waals surface area contributed by atoms with Crippen molar-refractivity contribution in [3.05, 3.63) is 95.3 Å². The van der Waals surface area contributed by atoms with Gasteiger partial charge >= 0.3 is 0 Å². The number of aryl methyl sites for hydroxylation is 2. The minimum absolute atomic E-state index is 0.884. The molecule has 0 amide bonds. The molecule has 0 aliphatic rings. The summed E-state index contributed by atoms with van der Waals surface area (Å²) >= 11 is 0. The Labute approximate surface area is 131 Å². The number of rotatable bonds is 3. The van der Waals surface area contributed by atoms with Gasteiger partial charge in [-0.3, -0.25) is 4.98 Å². The minimum Gasteiger partial charge on any atom is -0.255 e. The SMILES string of the molecule is Cc1ccc(C)c(N=C(c2ccccc2)c2ccccn2)c1. The van der Waals surface area contributed by atoms with E-state index in [-0.39, 0.29) is 0 Å². The lowest BCUT2D eigenvalue weighted by atomic mass is 10.1. The van der Waals surface area contributed by atoms with Crippen LogP contribution in [-0.2, 0) is 0 Å². The molecule has 0 fully saturated rings. The number of benzene rings is 2. The van der Waals surface area contributed by atoms with Gasteiger partial charge in [0.1, 0.15) is 0 Å². The van der Waals surface area contributed by atoms with Crippen molar-refractivity contribution in [1.29, 1.82) is 0 Å². The van der Waals surface area contributed by atoms with Gasteiger partial charge < -0.3 is 0 Å². The van der Waals surface area contributed by atoms with Crippen LogP contribution in [0, 0.1) is 13.8 Å². The highest BCUT2D eigenvalue weighted by atomic mass is 14.8. The average Bonchev–Trinajstić information content (AvgIpc) is 2.57. The van der Waals surface area contributed by atoms with Gasteiger partial charge in [-0.25, -0.2) is 4.99 Å². The van der Waals surface area contributed by atoms with Crippen molar-refractivity contribution in [1.82, 2.24) is 4.98 Å². The number of aliphatic imine (C=N–C) groups is 1. The fraction of sp³-hybridized carbons (Fsp3) is 0.100. The first-order valence-corrected chi connectivity index (χ1v) is 7.37. The highest BCUT2D eigenvalue weighted by Gasteiger charge is 2.09. The summed E-state index contributed by atoms with van der Waals surface area (Å²) < 4.78 is 0. The van der Waals surface area contributed by atoms with Crippen molar-refractivity contribution < 1.29 is 0 Å². The van der Waals surface area contributed by atoms with Crippen molar-refractivity contribution in [3.8, 4) is 0 Å². The van der Waals surface area contributed by atoms with Crippen LogP contribution in [0.15, 0.2) is 77.9 Å². The smallest absolute Gasteiger partial charge is 0.0965 e. The molecule has 0 aliphatic heterocycles. The molecule has 0 spiro atoms. The summed E-state index contributed by atoms with van der Waals surface area (Å²) in [5.74, 6) is 0. The van der Waals surface area contributed by atoms with Crippen molar-refractivity contribution in [2.45, 2.75) is 13.8 Å². The lowest BCUT2D eigenvalue weighted by Gasteiger charge is -2.08. The van der Waals surface area contributed by atoms with Crippen molar-refractivity contribution in [2.75, 3.05) is 0 Å². The van der Waals surface area contributed by atoms with Gasteiger partial charge in [0, 0.05) is 11.8 Å². The summed E-state index contributed by atoms with van der Waals surface area (Å²) in [4.78, 5) is 9.39. The number of pyridine rings is 1. The molecule has 0 radical (unpaired) electrons. The predicted octanol–water partition coefficient (Wildman–Crippen LogP) is 4.87. The zero-order chi connectivity index (χ0) is 15.4. The second-order valence-corrected chi connectivity index (χ2v) is 5.33. The zero-order valence-electron chi connectivity index (χ0n) is 12.8. The highest BCUT2D eigenvalue weighted by molar-refractivity contribution is 6.12. The first-order valence-electron chi connectivity index (χ1n) is 7.37. The molecule has 0 saturated heterocycles.